The standard InChI is InChI=1S/C14H23N3O/c1-9(13-10(2)17-18-11(13)3)16-14(15)12-7-5-4-6-8-12/h9,12H,4-8H2,1-3H3,(H2,15,16). The zero-order valence-electron chi connectivity index (χ0n) is 11.6. The highest BCUT2D eigenvalue weighted by Gasteiger charge is 2.20. The molecule has 0 bridgehead atoms. The molecule has 100 valence electrons. The number of nitrogens with two attached hydrogens (primary N) is 1. The quantitative estimate of drug-likeness (QED) is 0.660. The Kier molecular flexibility index (Phi) is 4.04. The molecule has 1 heterocycles. The van der Waals surface area contributed by atoms with E-state index in [1.165, 1.54) is 32.1 Å². The Hall–Kier alpha value is -1.32. The third kappa shape index (κ3) is 2.74. The molecule has 0 saturated heterocycles. The number of hydrogen-bond donors (Lipinski definition) is 1. The molecular weight excluding hydrogens is 226 g/mol. The molecule has 1 aliphatic carbocycles. The van der Waals surface area contributed by atoms with Crippen molar-refractivity contribution in [1.29, 1.82) is 0 Å². The van der Waals surface area contributed by atoms with Crippen LogP contribution >= 0.6 is 0 Å². The third-order valence-corrected chi connectivity index (χ3v) is 3.87. The van der Waals surface area contributed by atoms with E-state index < -0.39 is 0 Å². The highest BCUT2D eigenvalue weighted by molar-refractivity contribution is 5.83. The van der Waals surface area contributed by atoms with Crippen molar-refractivity contribution in [2.45, 2.75) is 58.9 Å². The average molecular weight is 249 g/mol. The molecule has 1 saturated carbocycles. The molecular formula is C14H23N3O. The highest BCUT2D eigenvalue weighted by Crippen LogP contribution is 2.27. The van der Waals surface area contributed by atoms with Crippen LogP contribution in [0.3, 0.4) is 0 Å². The fraction of sp³-hybridized carbons (Fsp3) is 0.714. The SMILES string of the molecule is Cc1noc(C)c1C(C)N=C(N)C1CCCCC1. The molecule has 1 aromatic rings. The Bertz CT molecular complexity index is 411. The second-order valence-corrected chi connectivity index (χ2v) is 5.30. The first-order valence-electron chi connectivity index (χ1n) is 6.85. The van der Waals surface area contributed by atoms with Crippen molar-refractivity contribution in [3.8, 4) is 0 Å². The van der Waals surface area contributed by atoms with Crippen LogP contribution in [0.4, 0.5) is 0 Å². The summed E-state index contributed by atoms with van der Waals surface area (Å²) >= 11 is 0. The summed E-state index contributed by atoms with van der Waals surface area (Å²) in [6.07, 6.45) is 6.26. The Morgan fingerprint density at radius 2 is 2.00 bits per heavy atom. The van der Waals surface area contributed by atoms with Gasteiger partial charge in [-0.15, -0.1) is 0 Å². The molecule has 2 rings (SSSR count). The number of nitrogens with zero attached hydrogens (tertiary/aromatic N) is 2. The van der Waals surface area contributed by atoms with Gasteiger partial charge in [0.15, 0.2) is 0 Å². The van der Waals surface area contributed by atoms with E-state index in [4.69, 9.17) is 10.3 Å². The van der Waals surface area contributed by atoms with Crippen molar-refractivity contribution >= 4 is 5.84 Å². The first-order chi connectivity index (χ1) is 8.59. The Balaban J connectivity index is 2.11. The fourth-order valence-electron chi connectivity index (χ4n) is 2.88. The zero-order chi connectivity index (χ0) is 13.1. The van der Waals surface area contributed by atoms with Crippen LogP contribution in [-0.2, 0) is 0 Å². The van der Waals surface area contributed by atoms with Gasteiger partial charge in [0.2, 0.25) is 0 Å². The van der Waals surface area contributed by atoms with Crippen LogP contribution in [0.25, 0.3) is 0 Å². The van der Waals surface area contributed by atoms with Crippen molar-refractivity contribution in [3.63, 3.8) is 0 Å². The van der Waals surface area contributed by atoms with E-state index in [0.29, 0.717) is 5.92 Å². The maximum Gasteiger partial charge on any atom is 0.139 e. The lowest BCUT2D eigenvalue weighted by atomic mass is 9.88. The van der Waals surface area contributed by atoms with E-state index in [2.05, 4.69) is 17.1 Å². The molecule has 0 spiro atoms. The molecule has 1 unspecified atom stereocenters. The first-order valence-corrected chi connectivity index (χ1v) is 6.85. The van der Waals surface area contributed by atoms with Crippen LogP contribution in [0, 0.1) is 19.8 Å². The average Bonchev–Trinajstić information content (AvgIpc) is 2.70. The van der Waals surface area contributed by atoms with Gasteiger partial charge in [0, 0.05) is 11.5 Å². The van der Waals surface area contributed by atoms with Gasteiger partial charge < -0.3 is 10.3 Å². The minimum atomic E-state index is 0.0400. The van der Waals surface area contributed by atoms with Crippen LogP contribution < -0.4 is 5.73 Å². The van der Waals surface area contributed by atoms with Crippen LogP contribution in [-0.4, -0.2) is 11.0 Å². The molecule has 1 fully saturated rings. The van der Waals surface area contributed by atoms with Crippen molar-refractivity contribution in [1.82, 2.24) is 5.16 Å². The van der Waals surface area contributed by atoms with E-state index in [9.17, 15) is 0 Å². The summed E-state index contributed by atoms with van der Waals surface area (Å²) in [5, 5.41) is 3.97. The lowest BCUT2D eigenvalue weighted by Gasteiger charge is -2.21. The maximum atomic E-state index is 6.15. The number of aliphatic imine (C=N–C) groups is 1. The number of aryl methyl sites for hydroxylation is 2. The highest BCUT2D eigenvalue weighted by atomic mass is 16.5. The molecule has 1 atom stereocenters. The lowest BCUT2D eigenvalue weighted by molar-refractivity contribution is 0.391. The normalized spacial score (nSPS) is 20.1. The summed E-state index contributed by atoms with van der Waals surface area (Å²) in [6.45, 7) is 5.94. The molecule has 0 amide bonds. The van der Waals surface area contributed by atoms with Gasteiger partial charge in [0.1, 0.15) is 5.76 Å². The van der Waals surface area contributed by atoms with Gasteiger partial charge >= 0.3 is 0 Å². The van der Waals surface area contributed by atoms with Gasteiger partial charge in [-0.25, -0.2) is 0 Å². The van der Waals surface area contributed by atoms with Gasteiger partial charge in [-0.2, -0.15) is 0 Å². The number of aromatic nitrogens is 1. The minimum absolute atomic E-state index is 0.0400. The first kappa shape index (κ1) is 13.1. The summed E-state index contributed by atoms with van der Waals surface area (Å²) < 4.78 is 5.18. The smallest absolute Gasteiger partial charge is 0.139 e. The molecule has 0 aliphatic heterocycles. The molecule has 0 radical (unpaired) electrons. The van der Waals surface area contributed by atoms with Gasteiger partial charge in [0.05, 0.1) is 17.6 Å². The number of rotatable bonds is 3. The summed E-state index contributed by atoms with van der Waals surface area (Å²) in [5.74, 6) is 2.13. The van der Waals surface area contributed by atoms with Crippen molar-refractivity contribution in [2.75, 3.05) is 0 Å². The molecule has 2 N–H and O–H groups in total. The predicted octanol–water partition coefficient (Wildman–Crippen LogP) is 3.29. The molecule has 4 heteroatoms. The van der Waals surface area contributed by atoms with E-state index in [1.807, 2.05) is 13.8 Å². The fourth-order valence-corrected chi connectivity index (χ4v) is 2.88. The van der Waals surface area contributed by atoms with Gasteiger partial charge in [-0.05, 0) is 33.6 Å². The topological polar surface area (TPSA) is 64.4 Å². The van der Waals surface area contributed by atoms with Crippen molar-refractivity contribution < 1.29 is 4.52 Å². The zero-order valence-corrected chi connectivity index (χ0v) is 11.6. The van der Waals surface area contributed by atoms with Crippen molar-refractivity contribution in [2.24, 2.45) is 16.6 Å². The second-order valence-electron chi connectivity index (χ2n) is 5.30. The minimum Gasteiger partial charge on any atom is -0.387 e. The number of hydrogen-bond acceptors (Lipinski definition) is 3. The summed E-state index contributed by atoms with van der Waals surface area (Å²) in [4.78, 5) is 4.66. The number of amidine groups is 1. The van der Waals surface area contributed by atoms with Crippen LogP contribution in [0.15, 0.2) is 9.52 Å². The van der Waals surface area contributed by atoms with E-state index in [-0.39, 0.29) is 6.04 Å². The van der Waals surface area contributed by atoms with E-state index >= 15 is 0 Å². The molecule has 18 heavy (non-hydrogen) atoms. The Labute approximate surface area is 109 Å². The van der Waals surface area contributed by atoms with Crippen LogP contribution in [0.1, 0.15) is 62.1 Å². The molecule has 0 aromatic carbocycles. The van der Waals surface area contributed by atoms with Gasteiger partial charge in [-0.3, -0.25) is 4.99 Å². The lowest BCUT2D eigenvalue weighted by Crippen LogP contribution is -2.26. The van der Waals surface area contributed by atoms with E-state index in [0.717, 1.165) is 22.9 Å². The predicted molar refractivity (Wildman–Crippen MR) is 72.6 cm³/mol. The Morgan fingerprint density at radius 1 is 1.33 bits per heavy atom. The monoisotopic (exact) mass is 249 g/mol. The van der Waals surface area contributed by atoms with Crippen LogP contribution in [0.2, 0.25) is 0 Å². The van der Waals surface area contributed by atoms with E-state index in [1.54, 1.807) is 0 Å². The largest absolute Gasteiger partial charge is 0.387 e. The maximum absolute atomic E-state index is 6.15. The summed E-state index contributed by atoms with van der Waals surface area (Å²) in [7, 11) is 0. The van der Waals surface area contributed by atoms with Crippen molar-refractivity contribution in [3.05, 3.63) is 17.0 Å². The van der Waals surface area contributed by atoms with Gasteiger partial charge in [0.25, 0.3) is 0 Å². The molecule has 1 aromatic heterocycles. The van der Waals surface area contributed by atoms with Gasteiger partial charge in [-0.1, -0.05) is 24.4 Å². The summed E-state index contributed by atoms with van der Waals surface area (Å²) in [6, 6.07) is 0.0400. The second kappa shape index (κ2) is 5.55. The summed E-state index contributed by atoms with van der Waals surface area (Å²) in [5.41, 5.74) is 8.15. The van der Waals surface area contributed by atoms with Crippen LogP contribution in [0.5, 0.6) is 0 Å². The molecule has 1 aliphatic rings. The Morgan fingerprint density at radius 3 is 2.56 bits per heavy atom. The molecule has 4 nitrogen and oxygen atoms in total. The third-order valence-electron chi connectivity index (χ3n) is 3.87.